The number of hydrogen-bond acceptors (Lipinski definition) is 2. The van der Waals surface area contributed by atoms with Crippen LogP contribution in [-0.2, 0) is 4.79 Å². The molecule has 0 aromatic carbocycles. The Kier molecular flexibility index (Phi) is 6.13. The first-order valence-corrected chi connectivity index (χ1v) is 4.42. The fourth-order valence-corrected chi connectivity index (χ4v) is 1.01. The van der Waals surface area contributed by atoms with E-state index >= 15 is 0 Å². The second kappa shape index (κ2) is 6.35. The van der Waals surface area contributed by atoms with E-state index in [1.165, 1.54) is 0 Å². The van der Waals surface area contributed by atoms with Crippen LogP contribution in [-0.4, -0.2) is 12.3 Å². The van der Waals surface area contributed by atoms with Crippen LogP contribution in [0.3, 0.4) is 0 Å². The first-order valence-electron chi connectivity index (χ1n) is 4.42. The summed E-state index contributed by atoms with van der Waals surface area (Å²) < 4.78 is 0. The molecule has 2 N–H and O–H groups in total. The molecule has 0 rings (SSSR count). The van der Waals surface area contributed by atoms with Crippen LogP contribution in [0.4, 0.5) is 0 Å². The van der Waals surface area contributed by atoms with E-state index in [1.54, 1.807) is 0 Å². The lowest BCUT2D eigenvalue weighted by Crippen LogP contribution is -2.07. The molecular formula is C9H19NO. The van der Waals surface area contributed by atoms with E-state index in [1.807, 2.05) is 6.92 Å². The van der Waals surface area contributed by atoms with Gasteiger partial charge in [-0.15, -0.1) is 0 Å². The molecule has 0 aromatic heterocycles. The minimum Gasteiger partial charge on any atom is -0.330 e. The molecule has 66 valence electrons. The van der Waals surface area contributed by atoms with Gasteiger partial charge in [0.15, 0.2) is 0 Å². The average Bonchev–Trinajstić information content (AvgIpc) is 2.01. The zero-order valence-corrected chi connectivity index (χ0v) is 7.60. The van der Waals surface area contributed by atoms with Gasteiger partial charge < -0.3 is 5.73 Å². The lowest BCUT2D eigenvalue weighted by Gasteiger charge is -2.07. The van der Waals surface area contributed by atoms with Gasteiger partial charge in [-0.1, -0.05) is 13.8 Å². The number of carbonyl (C=O) groups is 1. The number of carbonyl (C=O) groups excluding carboxylic acids is 1. The molecule has 0 aliphatic carbocycles. The van der Waals surface area contributed by atoms with Crippen molar-refractivity contribution in [2.45, 2.75) is 39.5 Å². The Bertz CT molecular complexity index is 112. The second-order valence-electron chi connectivity index (χ2n) is 3.11. The van der Waals surface area contributed by atoms with Crippen LogP contribution in [0.2, 0.25) is 0 Å². The summed E-state index contributed by atoms with van der Waals surface area (Å²) in [4.78, 5) is 10.9. The molecule has 0 saturated heterocycles. The zero-order valence-electron chi connectivity index (χ0n) is 7.60. The highest BCUT2D eigenvalue weighted by Gasteiger charge is 2.03. The van der Waals surface area contributed by atoms with Crippen LogP contribution < -0.4 is 5.73 Å². The van der Waals surface area contributed by atoms with E-state index in [0.29, 0.717) is 18.1 Å². The summed E-state index contributed by atoms with van der Waals surface area (Å²) in [5, 5.41) is 0. The van der Waals surface area contributed by atoms with Gasteiger partial charge in [0.2, 0.25) is 0 Å². The lowest BCUT2D eigenvalue weighted by molar-refractivity contribution is -0.119. The van der Waals surface area contributed by atoms with Gasteiger partial charge in [-0.25, -0.2) is 0 Å². The number of hydrogen-bond donors (Lipinski definition) is 1. The van der Waals surface area contributed by atoms with E-state index in [-0.39, 0.29) is 0 Å². The Morgan fingerprint density at radius 2 is 2.09 bits per heavy atom. The Morgan fingerprint density at radius 1 is 1.45 bits per heavy atom. The maximum atomic E-state index is 10.9. The van der Waals surface area contributed by atoms with E-state index < -0.39 is 0 Å². The van der Waals surface area contributed by atoms with Crippen molar-refractivity contribution in [2.75, 3.05) is 6.54 Å². The summed E-state index contributed by atoms with van der Waals surface area (Å²) in [7, 11) is 0. The predicted octanol–water partition coefficient (Wildman–Crippen LogP) is 1.73. The summed E-state index contributed by atoms with van der Waals surface area (Å²) in [6.07, 6.45) is 3.45. The topological polar surface area (TPSA) is 43.1 Å². The van der Waals surface area contributed by atoms with Crippen molar-refractivity contribution in [1.82, 2.24) is 0 Å². The second-order valence-corrected chi connectivity index (χ2v) is 3.11. The third-order valence-electron chi connectivity index (χ3n) is 1.97. The number of rotatable bonds is 6. The van der Waals surface area contributed by atoms with Crippen LogP contribution in [0.1, 0.15) is 39.5 Å². The highest BCUT2D eigenvalue weighted by molar-refractivity contribution is 5.77. The summed E-state index contributed by atoms with van der Waals surface area (Å²) in [6, 6.07) is 0. The molecule has 0 fully saturated rings. The fourth-order valence-electron chi connectivity index (χ4n) is 1.01. The predicted molar refractivity (Wildman–Crippen MR) is 47.4 cm³/mol. The van der Waals surface area contributed by atoms with Crippen molar-refractivity contribution in [3.8, 4) is 0 Å². The lowest BCUT2D eigenvalue weighted by atomic mass is 10.00. The summed E-state index contributed by atoms with van der Waals surface area (Å²) in [5.74, 6) is 0.976. The molecule has 2 heteroatoms. The Balaban J connectivity index is 3.29. The molecular weight excluding hydrogens is 138 g/mol. The number of ketones is 1. The summed E-state index contributed by atoms with van der Waals surface area (Å²) in [6.45, 7) is 4.80. The number of nitrogens with two attached hydrogens (primary N) is 1. The molecule has 0 radical (unpaired) electrons. The molecule has 0 saturated carbocycles. The highest BCUT2D eigenvalue weighted by atomic mass is 16.1. The van der Waals surface area contributed by atoms with Gasteiger partial charge in [0.05, 0.1) is 0 Å². The first kappa shape index (κ1) is 10.6. The van der Waals surface area contributed by atoms with Gasteiger partial charge in [0, 0.05) is 12.8 Å². The molecule has 1 unspecified atom stereocenters. The van der Waals surface area contributed by atoms with Crippen LogP contribution >= 0.6 is 0 Å². The quantitative estimate of drug-likeness (QED) is 0.638. The normalized spacial score (nSPS) is 13.0. The molecule has 0 heterocycles. The van der Waals surface area contributed by atoms with Crippen molar-refractivity contribution in [2.24, 2.45) is 11.7 Å². The fraction of sp³-hybridized carbons (Fsp3) is 0.889. The molecule has 0 bridgehead atoms. The van der Waals surface area contributed by atoms with E-state index in [0.717, 1.165) is 25.8 Å². The zero-order chi connectivity index (χ0) is 8.69. The monoisotopic (exact) mass is 157 g/mol. The van der Waals surface area contributed by atoms with Gasteiger partial charge in [0.1, 0.15) is 5.78 Å². The van der Waals surface area contributed by atoms with E-state index in [9.17, 15) is 4.79 Å². The molecule has 0 amide bonds. The van der Waals surface area contributed by atoms with Gasteiger partial charge in [-0.3, -0.25) is 4.79 Å². The van der Waals surface area contributed by atoms with E-state index in [4.69, 9.17) is 5.73 Å². The Hall–Kier alpha value is -0.370. The van der Waals surface area contributed by atoms with Crippen LogP contribution in [0.15, 0.2) is 0 Å². The molecule has 0 aromatic rings. The maximum absolute atomic E-state index is 10.9. The molecule has 11 heavy (non-hydrogen) atoms. The molecule has 0 spiro atoms. The summed E-state index contributed by atoms with van der Waals surface area (Å²) in [5.41, 5.74) is 5.38. The van der Waals surface area contributed by atoms with Crippen molar-refractivity contribution < 1.29 is 4.79 Å². The third kappa shape index (κ3) is 6.05. The van der Waals surface area contributed by atoms with Crippen molar-refractivity contribution in [1.29, 1.82) is 0 Å². The standard InChI is InChI=1S/C9H19NO/c1-3-9(11)5-4-8(2)6-7-10/h8H,3-7,10H2,1-2H3. The average molecular weight is 157 g/mol. The van der Waals surface area contributed by atoms with E-state index in [2.05, 4.69) is 6.92 Å². The van der Waals surface area contributed by atoms with Gasteiger partial charge >= 0.3 is 0 Å². The van der Waals surface area contributed by atoms with Crippen molar-refractivity contribution in [3.63, 3.8) is 0 Å². The van der Waals surface area contributed by atoms with Gasteiger partial charge in [-0.05, 0) is 25.3 Å². The van der Waals surface area contributed by atoms with Crippen molar-refractivity contribution >= 4 is 5.78 Å². The number of Topliss-reactive ketones (excluding diaryl/α,β-unsaturated/α-hetero) is 1. The summed E-state index contributed by atoms with van der Waals surface area (Å²) >= 11 is 0. The van der Waals surface area contributed by atoms with Crippen LogP contribution in [0.25, 0.3) is 0 Å². The molecule has 1 atom stereocenters. The third-order valence-corrected chi connectivity index (χ3v) is 1.97. The molecule has 0 aliphatic heterocycles. The molecule has 0 aliphatic rings. The van der Waals surface area contributed by atoms with Crippen molar-refractivity contribution in [3.05, 3.63) is 0 Å². The van der Waals surface area contributed by atoms with Gasteiger partial charge in [-0.2, -0.15) is 0 Å². The minimum absolute atomic E-state index is 0.369. The van der Waals surface area contributed by atoms with Gasteiger partial charge in [0.25, 0.3) is 0 Å². The smallest absolute Gasteiger partial charge is 0.132 e. The SMILES string of the molecule is CCC(=O)CCC(C)CCN. The highest BCUT2D eigenvalue weighted by Crippen LogP contribution is 2.09. The maximum Gasteiger partial charge on any atom is 0.132 e. The first-order chi connectivity index (χ1) is 5.20. The Labute approximate surface area is 69.2 Å². The largest absolute Gasteiger partial charge is 0.330 e. The van der Waals surface area contributed by atoms with Crippen LogP contribution in [0, 0.1) is 5.92 Å². The minimum atomic E-state index is 0.369. The van der Waals surface area contributed by atoms with Crippen LogP contribution in [0.5, 0.6) is 0 Å². The molecule has 2 nitrogen and oxygen atoms in total. The Morgan fingerprint density at radius 3 is 2.55 bits per heavy atom.